The van der Waals surface area contributed by atoms with Crippen LogP contribution in [0.15, 0.2) is 16.9 Å². The summed E-state index contributed by atoms with van der Waals surface area (Å²) in [5.74, 6) is 1.02. The van der Waals surface area contributed by atoms with Crippen LogP contribution in [0.5, 0.6) is 0 Å². The van der Waals surface area contributed by atoms with Gasteiger partial charge in [-0.1, -0.05) is 5.16 Å². The normalized spacial score (nSPS) is 18.7. The number of rotatable bonds is 2. The number of halogens is 3. The molecule has 0 aromatic carbocycles. The highest BCUT2D eigenvalue weighted by Gasteiger charge is 2.37. The molecule has 0 saturated carbocycles. The molecule has 3 aromatic heterocycles. The maximum atomic E-state index is 13.1. The number of hydrogen-bond donors (Lipinski definition) is 0. The SMILES string of the molecule is Cc1nc([C@H]2CCCN2c2cc(C(F)(F)F)nc3ncnn23)no1. The van der Waals surface area contributed by atoms with Crippen LogP contribution in [-0.4, -0.2) is 36.3 Å². The lowest BCUT2D eigenvalue weighted by Gasteiger charge is -2.25. The minimum absolute atomic E-state index is 0.102. The summed E-state index contributed by atoms with van der Waals surface area (Å²) in [6.45, 7) is 2.22. The van der Waals surface area contributed by atoms with Gasteiger partial charge in [0.1, 0.15) is 12.1 Å². The van der Waals surface area contributed by atoms with E-state index >= 15 is 0 Å². The zero-order valence-corrected chi connectivity index (χ0v) is 12.5. The van der Waals surface area contributed by atoms with E-state index < -0.39 is 11.9 Å². The lowest BCUT2D eigenvalue weighted by molar-refractivity contribution is -0.141. The Labute approximate surface area is 133 Å². The lowest BCUT2D eigenvalue weighted by atomic mass is 10.2. The fourth-order valence-corrected chi connectivity index (χ4v) is 2.91. The van der Waals surface area contributed by atoms with E-state index in [4.69, 9.17) is 4.52 Å². The average Bonchev–Trinajstić information content (AvgIpc) is 3.24. The Morgan fingerprint density at radius 1 is 1.29 bits per heavy atom. The van der Waals surface area contributed by atoms with Gasteiger partial charge in [-0.15, -0.1) is 0 Å². The first-order valence-electron chi connectivity index (χ1n) is 7.28. The van der Waals surface area contributed by atoms with E-state index in [1.165, 1.54) is 10.8 Å². The number of aromatic nitrogens is 6. The van der Waals surface area contributed by atoms with Gasteiger partial charge < -0.3 is 9.42 Å². The molecule has 8 nitrogen and oxygen atoms in total. The van der Waals surface area contributed by atoms with Gasteiger partial charge in [-0.05, 0) is 12.8 Å². The monoisotopic (exact) mass is 339 g/mol. The topological polar surface area (TPSA) is 85.2 Å². The Hall–Kier alpha value is -2.72. The second-order valence-electron chi connectivity index (χ2n) is 5.49. The Morgan fingerprint density at radius 3 is 2.83 bits per heavy atom. The van der Waals surface area contributed by atoms with Crippen LogP contribution >= 0.6 is 0 Å². The molecule has 11 heteroatoms. The van der Waals surface area contributed by atoms with Gasteiger partial charge in [0, 0.05) is 19.5 Å². The molecule has 1 aliphatic heterocycles. The summed E-state index contributed by atoms with van der Waals surface area (Å²) in [6.07, 6.45) is -1.90. The summed E-state index contributed by atoms with van der Waals surface area (Å²) in [7, 11) is 0. The molecule has 0 N–H and O–H groups in total. The van der Waals surface area contributed by atoms with Crippen molar-refractivity contribution >= 4 is 11.6 Å². The maximum absolute atomic E-state index is 13.1. The second kappa shape index (κ2) is 5.14. The highest BCUT2D eigenvalue weighted by atomic mass is 19.4. The number of alkyl halides is 3. The van der Waals surface area contributed by atoms with Crippen LogP contribution < -0.4 is 4.90 Å². The predicted molar refractivity (Wildman–Crippen MR) is 74.1 cm³/mol. The zero-order valence-electron chi connectivity index (χ0n) is 12.5. The van der Waals surface area contributed by atoms with E-state index in [1.54, 1.807) is 11.8 Å². The molecule has 0 amide bonds. The Bertz CT molecular complexity index is 887. The van der Waals surface area contributed by atoms with Gasteiger partial charge >= 0.3 is 6.18 Å². The first-order chi connectivity index (χ1) is 11.4. The highest BCUT2D eigenvalue weighted by Crippen LogP contribution is 2.37. The van der Waals surface area contributed by atoms with Crippen LogP contribution in [0.1, 0.15) is 36.3 Å². The third-order valence-corrected chi connectivity index (χ3v) is 3.91. The predicted octanol–water partition coefficient (Wildman–Crippen LogP) is 2.18. The van der Waals surface area contributed by atoms with E-state index in [9.17, 15) is 13.2 Å². The Kier molecular flexibility index (Phi) is 3.18. The lowest BCUT2D eigenvalue weighted by Crippen LogP contribution is -2.27. The third kappa shape index (κ3) is 2.36. The summed E-state index contributed by atoms with van der Waals surface area (Å²) in [6, 6.07) is 0.700. The van der Waals surface area contributed by atoms with Crippen molar-refractivity contribution in [2.75, 3.05) is 11.4 Å². The van der Waals surface area contributed by atoms with Crippen molar-refractivity contribution in [2.24, 2.45) is 0 Å². The van der Waals surface area contributed by atoms with Gasteiger partial charge in [0.25, 0.3) is 5.78 Å². The first-order valence-corrected chi connectivity index (χ1v) is 7.28. The standard InChI is InChI=1S/C13H12F3N7O/c1-7-19-11(21-24-7)8-3-2-4-22(8)10-5-9(13(14,15)16)20-12-17-6-18-23(10)12/h5-6,8H,2-4H2,1H3/t8-/m1/s1. The van der Waals surface area contributed by atoms with Crippen molar-refractivity contribution in [1.82, 2.24) is 29.7 Å². The van der Waals surface area contributed by atoms with Gasteiger partial charge in [0.15, 0.2) is 11.5 Å². The summed E-state index contributed by atoms with van der Waals surface area (Å²) in [5.41, 5.74) is -1.01. The fourth-order valence-electron chi connectivity index (χ4n) is 2.91. The number of nitrogens with zero attached hydrogens (tertiary/aromatic N) is 7. The summed E-state index contributed by atoms with van der Waals surface area (Å²) < 4.78 is 45.7. The van der Waals surface area contributed by atoms with E-state index in [0.717, 1.165) is 12.5 Å². The van der Waals surface area contributed by atoms with Crippen molar-refractivity contribution in [2.45, 2.75) is 32.0 Å². The summed E-state index contributed by atoms with van der Waals surface area (Å²) in [4.78, 5) is 13.3. The van der Waals surface area contributed by atoms with Crippen LogP contribution in [0, 0.1) is 6.92 Å². The number of aryl methyl sites for hydroxylation is 1. The number of anilines is 1. The van der Waals surface area contributed by atoms with E-state index in [-0.39, 0.29) is 17.6 Å². The van der Waals surface area contributed by atoms with Crippen molar-refractivity contribution < 1.29 is 17.7 Å². The molecule has 4 heterocycles. The van der Waals surface area contributed by atoms with Crippen molar-refractivity contribution in [1.29, 1.82) is 0 Å². The van der Waals surface area contributed by atoms with Gasteiger partial charge in [-0.2, -0.15) is 32.8 Å². The van der Waals surface area contributed by atoms with E-state index in [1.807, 2.05) is 0 Å². The molecule has 0 bridgehead atoms. The highest BCUT2D eigenvalue weighted by molar-refractivity contribution is 5.50. The van der Waals surface area contributed by atoms with Gasteiger partial charge in [0.05, 0.1) is 6.04 Å². The maximum Gasteiger partial charge on any atom is 0.433 e. The molecule has 0 aliphatic carbocycles. The molecule has 3 aromatic rings. The largest absolute Gasteiger partial charge is 0.433 e. The van der Waals surface area contributed by atoms with Crippen LogP contribution in [0.4, 0.5) is 19.0 Å². The van der Waals surface area contributed by atoms with Crippen LogP contribution in [0.3, 0.4) is 0 Å². The summed E-state index contributed by atoms with van der Waals surface area (Å²) >= 11 is 0. The van der Waals surface area contributed by atoms with Crippen molar-refractivity contribution in [3.05, 3.63) is 29.8 Å². The van der Waals surface area contributed by atoms with Crippen LogP contribution in [0.25, 0.3) is 5.78 Å². The molecule has 4 rings (SSSR count). The molecule has 0 unspecified atom stereocenters. The van der Waals surface area contributed by atoms with Gasteiger partial charge in [-0.25, -0.2) is 4.98 Å². The first kappa shape index (κ1) is 14.8. The average molecular weight is 339 g/mol. The van der Waals surface area contributed by atoms with Crippen molar-refractivity contribution in [3.63, 3.8) is 0 Å². The zero-order chi connectivity index (χ0) is 16.9. The molecule has 24 heavy (non-hydrogen) atoms. The van der Waals surface area contributed by atoms with Gasteiger partial charge in [0.2, 0.25) is 5.89 Å². The molecule has 1 atom stereocenters. The van der Waals surface area contributed by atoms with Crippen molar-refractivity contribution in [3.8, 4) is 0 Å². The molecule has 0 spiro atoms. The Morgan fingerprint density at radius 2 is 2.12 bits per heavy atom. The van der Waals surface area contributed by atoms with Crippen LogP contribution in [0.2, 0.25) is 0 Å². The molecule has 0 radical (unpaired) electrons. The molecule has 126 valence electrons. The Balaban J connectivity index is 1.84. The quantitative estimate of drug-likeness (QED) is 0.707. The molecule has 1 fully saturated rings. The molecule has 1 aliphatic rings. The minimum atomic E-state index is -4.57. The van der Waals surface area contributed by atoms with E-state index in [0.29, 0.717) is 24.7 Å². The molecular weight excluding hydrogens is 327 g/mol. The smallest absolute Gasteiger partial charge is 0.346 e. The number of fused-ring (bicyclic) bond motifs is 1. The molecular formula is C13H12F3N7O. The van der Waals surface area contributed by atoms with Gasteiger partial charge in [-0.3, -0.25) is 0 Å². The second-order valence-corrected chi connectivity index (χ2v) is 5.49. The van der Waals surface area contributed by atoms with E-state index in [2.05, 4.69) is 25.2 Å². The number of hydrogen-bond acceptors (Lipinski definition) is 7. The third-order valence-electron chi connectivity index (χ3n) is 3.91. The van der Waals surface area contributed by atoms with Crippen LogP contribution in [-0.2, 0) is 6.18 Å². The summed E-state index contributed by atoms with van der Waals surface area (Å²) in [5, 5.41) is 7.89. The molecule has 1 saturated heterocycles. The fraction of sp³-hybridized carbons (Fsp3) is 0.462. The minimum Gasteiger partial charge on any atom is -0.346 e.